The van der Waals surface area contributed by atoms with Crippen molar-refractivity contribution in [3.63, 3.8) is 0 Å². The van der Waals surface area contributed by atoms with Crippen LogP contribution in [0.15, 0.2) is 18.2 Å². The second kappa shape index (κ2) is 5.85. The Bertz CT molecular complexity index is 530. The van der Waals surface area contributed by atoms with Gasteiger partial charge in [-0.3, -0.25) is 14.9 Å². The van der Waals surface area contributed by atoms with E-state index in [1.807, 2.05) is 0 Å². The number of carbonyl (C=O) groups is 1. The molecule has 1 aromatic rings. The number of likely N-dealkylation sites (tertiary alicyclic amines) is 1. The van der Waals surface area contributed by atoms with Crippen molar-refractivity contribution in [2.45, 2.75) is 12.8 Å². The molecule has 0 bridgehead atoms. The lowest BCUT2D eigenvalue weighted by atomic mass is 10.2. The summed E-state index contributed by atoms with van der Waals surface area (Å²) in [4.78, 5) is 25.3. The first kappa shape index (κ1) is 14.2. The average molecular weight is 281 g/mol. The van der Waals surface area contributed by atoms with E-state index in [0.29, 0.717) is 0 Å². The number of hydrogen-bond donors (Lipinski definition) is 0. The Morgan fingerprint density at radius 2 is 2.10 bits per heavy atom. The van der Waals surface area contributed by atoms with Crippen molar-refractivity contribution in [1.29, 1.82) is 0 Å². The number of nitro groups is 1. The summed E-state index contributed by atoms with van der Waals surface area (Å²) in [6.07, 6.45) is 1.96. The van der Waals surface area contributed by atoms with Gasteiger partial charge < -0.3 is 9.80 Å². The molecule has 1 fully saturated rings. The monoisotopic (exact) mass is 281 g/mol. The summed E-state index contributed by atoms with van der Waals surface area (Å²) in [6.45, 7) is 1.44. The van der Waals surface area contributed by atoms with Crippen LogP contribution in [-0.2, 0) is 4.79 Å². The molecule has 108 valence electrons. The van der Waals surface area contributed by atoms with E-state index < -0.39 is 16.4 Å². The topological polar surface area (TPSA) is 66.7 Å². The molecule has 2 rings (SSSR count). The molecule has 0 saturated carbocycles. The Balaban J connectivity index is 2.16. The van der Waals surface area contributed by atoms with E-state index >= 15 is 0 Å². The van der Waals surface area contributed by atoms with Crippen molar-refractivity contribution in [3.8, 4) is 0 Å². The van der Waals surface area contributed by atoms with E-state index in [-0.39, 0.29) is 18.1 Å². The predicted octanol–water partition coefficient (Wildman–Crippen LogP) is 1.79. The summed E-state index contributed by atoms with van der Waals surface area (Å²) in [7, 11) is 1.55. The van der Waals surface area contributed by atoms with Crippen LogP contribution in [-0.4, -0.2) is 42.4 Å². The fourth-order valence-corrected chi connectivity index (χ4v) is 2.35. The fraction of sp³-hybridized carbons (Fsp3) is 0.462. The number of nitro benzene ring substituents is 1. The van der Waals surface area contributed by atoms with Crippen LogP contribution in [0.1, 0.15) is 12.8 Å². The van der Waals surface area contributed by atoms with Gasteiger partial charge in [0.15, 0.2) is 0 Å². The molecular weight excluding hydrogens is 265 g/mol. The number of hydrogen-bond acceptors (Lipinski definition) is 4. The zero-order valence-electron chi connectivity index (χ0n) is 11.2. The van der Waals surface area contributed by atoms with Crippen molar-refractivity contribution in [2.75, 3.05) is 31.6 Å². The molecular formula is C13H16FN3O3. The fourth-order valence-electron chi connectivity index (χ4n) is 2.35. The number of halogens is 1. The number of nitrogens with zero attached hydrogens (tertiary/aromatic N) is 3. The molecule has 7 heteroatoms. The van der Waals surface area contributed by atoms with Crippen LogP contribution in [0.4, 0.5) is 15.8 Å². The highest BCUT2D eigenvalue weighted by atomic mass is 19.1. The molecule has 0 unspecified atom stereocenters. The van der Waals surface area contributed by atoms with Gasteiger partial charge in [0.05, 0.1) is 11.5 Å². The first-order valence-corrected chi connectivity index (χ1v) is 6.42. The highest BCUT2D eigenvalue weighted by molar-refractivity contribution is 5.82. The number of para-hydroxylation sites is 1. The van der Waals surface area contributed by atoms with Crippen LogP contribution in [0, 0.1) is 15.9 Å². The number of benzene rings is 1. The summed E-state index contributed by atoms with van der Waals surface area (Å²) in [5.74, 6) is -0.989. The summed E-state index contributed by atoms with van der Waals surface area (Å²) < 4.78 is 13.5. The van der Waals surface area contributed by atoms with Crippen LogP contribution in [0.5, 0.6) is 0 Å². The van der Waals surface area contributed by atoms with Gasteiger partial charge in [0.2, 0.25) is 11.7 Å². The van der Waals surface area contributed by atoms with E-state index in [1.165, 1.54) is 17.0 Å². The number of carbonyl (C=O) groups excluding carboxylic acids is 1. The van der Waals surface area contributed by atoms with Gasteiger partial charge in [0.1, 0.15) is 5.69 Å². The third kappa shape index (κ3) is 2.87. The summed E-state index contributed by atoms with van der Waals surface area (Å²) >= 11 is 0. The molecule has 1 aliphatic rings. The third-order valence-electron chi connectivity index (χ3n) is 3.39. The maximum absolute atomic E-state index is 13.5. The summed E-state index contributed by atoms with van der Waals surface area (Å²) in [5.41, 5.74) is -0.480. The van der Waals surface area contributed by atoms with E-state index in [4.69, 9.17) is 0 Å². The molecule has 1 aromatic carbocycles. The van der Waals surface area contributed by atoms with Crippen molar-refractivity contribution in [1.82, 2.24) is 4.90 Å². The summed E-state index contributed by atoms with van der Waals surface area (Å²) in [5, 5.41) is 10.9. The highest BCUT2D eigenvalue weighted by Gasteiger charge is 2.25. The minimum absolute atomic E-state index is 0.00426. The zero-order valence-corrected chi connectivity index (χ0v) is 11.2. The smallest absolute Gasteiger partial charge is 0.327 e. The molecule has 0 atom stereocenters. The van der Waals surface area contributed by atoms with Gasteiger partial charge in [-0.1, -0.05) is 6.07 Å². The molecule has 1 amide bonds. The van der Waals surface area contributed by atoms with Crippen molar-refractivity contribution in [2.24, 2.45) is 0 Å². The van der Waals surface area contributed by atoms with E-state index in [0.717, 1.165) is 32.0 Å². The van der Waals surface area contributed by atoms with Crippen molar-refractivity contribution >= 4 is 17.3 Å². The van der Waals surface area contributed by atoms with Gasteiger partial charge in [0.25, 0.3) is 0 Å². The Hall–Kier alpha value is -2.18. The Morgan fingerprint density at radius 3 is 2.70 bits per heavy atom. The maximum atomic E-state index is 13.5. The van der Waals surface area contributed by atoms with E-state index in [9.17, 15) is 19.3 Å². The van der Waals surface area contributed by atoms with Crippen molar-refractivity contribution in [3.05, 3.63) is 34.1 Å². The number of rotatable bonds is 4. The SMILES string of the molecule is CN(CC(=O)N1CCCC1)c1cccc(F)c1[N+](=O)[O-]. The predicted molar refractivity (Wildman–Crippen MR) is 72.1 cm³/mol. The molecule has 20 heavy (non-hydrogen) atoms. The first-order valence-electron chi connectivity index (χ1n) is 6.42. The molecule has 6 nitrogen and oxygen atoms in total. The molecule has 1 aliphatic heterocycles. The second-order valence-electron chi connectivity index (χ2n) is 4.81. The quantitative estimate of drug-likeness (QED) is 0.623. The first-order chi connectivity index (χ1) is 9.50. The molecule has 0 radical (unpaired) electrons. The molecule has 1 saturated heterocycles. The number of anilines is 1. The lowest BCUT2D eigenvalue weighted by molar-refractivity contribution is -0.386. The largest absolute Gasteiger partial charge is 0.360 e. The highest BCUT2D eigenvalue weighted by Crippen LogP contribution is 2.29. The van der Waals surface area contributed by atoms with E-state index in [2.05, 4.69) is 0 Å². The van der Waals surface area contributed by atoms with Gasteiger partial charge in [-0.05, 0) is 25.0 Å². The molecule has 0 N–H and O–H groups in total. The maximum Gasteiger partial charge on any atom is 0.327 e. The average Bonchev–Trinajstić information content (AvgIpc) is 2.91. The number of likely N-dealkylation sites (N-methyl/N-ethyl adjacent to an activating group) is 1. The lowest BCUT2D eigenvalue weighted by Crippen LogP contribution is -2.37. The van der Waals surface area contributed by atoms with Gasteiger partial charge in [-0.2, -0.15) is 4.39 Å². The van der Waals surface area contributed by atoms with Crippen molar-refractivity contribution < 1.29 is 14.1 Å². The van der Waals surface area contributed by atoms with Crippen LogP contribution >= 0.6 is 0 Å². The van der Waals surface area contributed by atoms with Gasteiger partial charge in [-0.15, -0.1) is 0 Å². The minimum Gasteiger partial charge on any atom is -0.360 e. The van der Waals surface area contributed by atoms with Gasteiger partial charge in [-0.25, -0.2) is 0 Å². The number of amides is 1. The lowest BCUT2D eigenvalue weighted by Gasteiger charge is -2.22. The van der Waals surface area contributed by atoms with Crippen LogP contribution in [0.2, 0.25) is 0 Å². The second-order valence-corrected chi connectivity index (χ2v) is 4.81. The molecule has 1 heterocycles. The minimum atomic E-state index is -0.895. The van der Waals surface area contributed by atoms with Crippen LogP contribution in [0.3, 0.4) is 0 Å². The van der Waals surface area contributed by atoms with Gasteiger partial charge >= 0.3 is 5.69 Å². The van der Waals surface area contributed by atoms with Crippen LogP contribution in [0.25, 0.3) is 0 Å². The molecule has 0 aliphatic carbocycles. The standard InChI is InChI=1S/C13H16FN3O3/c1-15(9-12(18)16-7-2-3-8-16)11-6-4-5-10(14)13(11)17(19)20/h4-6H,2-3,7-9H2,1H3. The molecule has 0 aromatic heterocycles. The Labute approximate surface area is 115 Å². The Morgan fingerprint density at radius 1 is 1.45 bits per heavy atom. The summed E-state index contributed by atoms with van der Waals surface area (Å²) in [6, 6.07) is 3.88. The molecule has 0 spiro atoms. The Kier molecular flexibility index (Phi) is 4.16. The van der Waals surface area contributed by atoms with E-state index in [1.54, 1.807) is 11.9 Å². The van der Waals surface area contributed by atoms with Gasteiger partial charge in [0, 0.05) is 20.1 Å². The third-order valence-corrected chi connectivity index (χ3v) is 3.39. The van der Waals surface area contributed by atoms with Crippen LogP contribution < -0.4 is 4.90 Å². The zero-order chi connectivity index (χ0) is 14.7. The normalized spacial score (nSPS) is 14.4.